The summed E-state index contributed by atoms with van der Waals surface area (Å²) in [4.78, 5) is 7.58. The fourth-order valence-corrected chi connectivity index (χ4v) is 1.19. The molecule has 1 aromatic carbocycles. The first-order chi connectivity index (χ1) is 6.80. The molecule has 0 radical (unpaired) electrons. The van der Waals surface area contributed by atoms with Gasteiger partial charge in [0.05, 0.1) is 28.3 Å². The van der Waals surface area contributed by atoms with E-state index in [1.165, 1.54) is 0 Å². The topological polar surface area (TPSA) is 45.0 Å². The molecule has 0 fully saturated rings. The Kier molecular flexibility index (Phi) is 4.26. The van der Waals surface area contributed by atoms with Crippen LogP contribution in [0.25, 0.3) is 0 Å². The van der Waals surface area contributed by atoms with Gasteiger partial charge in [0.15, 0.2) is 0 Å². The summed E-state index contributed by atoms with van der Waals surface area (Å²) in [6, 6.07) is 5.07. The van der Waals surface area contributed by atoms with Crippen LogP contribution in [0.4, 0.5) is 11.4 Å². The molecule has 0 spiro atoms. The average molecular weight is 222 g/mol. The Morgan fingerprint density at radius 3 is 1.93 bits per heavy atom. The van der Waals surface area contributed by atoms with Crippen molar-refractivity contribution in [3.8, 4) is 0 Å². The Hall–Kier alpha value is -1.22. The highest BCUT2D eigenvalue weighted by atomic mass is 32.1. The molecule has 5 heteroatoms. The summed E-state index contributed by atoms with van der Waals surface area (Å²) in [7, 11) is 0. The van der Waals surface area contributed by atoms with Crippen molar-refractivity contribution in [2.75, 3.05) is 0 Å². The summed E-state index contributed by atoms with van der Waals surface area (Å²) < 4.78 is 0. The van der Waals surface area contributed by atoms with Gasteiger partial charge in [-0.3, -0.25) is 0 Å². The molecule has 3 nitrogen and oxygen atoms in total. The maximum absolute atomic E-state index is 8.95. The summed E-state index contributed by atoms with van der Waals surface area (Å²) in [6.45, 7) is -0.0826. The molecular weight excluding hydrogens is 216 g/mol. The molecule has 0 amide bonds. The minimum Gasteiger partial charge on any atom is -0.392 e. The number of hydrogen-bond acceptors (Lipinski definition) is 5. The van der Waals surface area contributed by atoms with Crippen molar-refractivity contribution in [3.63, 3.8) is 0 Å². The van der Waals surface area contributed by atoms with Crippen LogP contribution in [-0.2, 0) is 6.61 Å². The van der Waals surface area contributed by atoms with E-state index in [2.05, 4.69) is 44.7 Å². The van der Waals surface area contributed by atoms with E-state index in [0.717, 1.165) is 0 Å². The molecule has 1 N–H and O–H groups in total. The van der Waals surface area contributed by atoms with Gasteiger partial charge >= 0.3 is 0 Å². The molecule has 0 aliphatic carbocycles. The van der Waals surface area contributed by atoms with Gasteiger partial charge in [0.25, 0.3) is 0 Å². The van der Waals surface area contributed by atoms with Gasteiger partial charge in [-0.2, -0.15) is 9.98 Å². The molecule has 0 aliphatic heterocycles. The van der Waals surface area contributed by atoms with Crippen LogP contribution >= 0.6 is 24.4 Å². The Labute approximate surface area is 91.8 Å². The van der Waals surface area contributed by atoms with Crippen LogP contribution < -0.4 is 0 Å². The van der Waals surface area contributed by atoms with E-state index in [0.29, 0.717) is 16.9 Å². The van der Waals surface area contributed by atoms with Gasteiger partial charge < -0.3 is 5.11 Å². The van der Waals surface area contributed by atoms with Gasteiger partial charge in [-0.05, 0) is 48.2 Å². The van der Waals surface area contributed by atoms with Gasteiger partial charge in [-0.1, -0.05) is 0 Å². The van der Waals surface area contributed by atoms with Crippen molar-refractivity contribution in [2.24, 2.45) is 9.98 Å². The predicted octanol–water partition coefficient (Wildman–Crippen LogP) is 2.65. The minimum atomic E-state index is -0.0826. The van der Waals surface area contributed by atoms with E-state index in [1.807, 2.05) is 0 Å². The highest BCUT2D eigenvalue weighted by Gasteiger charge is 1.98. The Morgan fingerprint density at radius 1 is 1.07 bits per heavy atom. The van der Waals surface area contributed by atoms with Gasteiger partial charge in [-0.25, -0.2) is 0 Å². The number of thiocarbonyl (C=S) groups is 2. The highest BCUT2D eigenvalue weighted by molar-refractivity contribution is 7.78. The molecule has 0 heterocycles. The number of aliphatic imine (C=N–C) groups is 2. The lowest BCUT2D eigenvalue weighted by Gasteiger charge is -1.99. The van der Waals surface area contributed by atoms with Crippen LogP contribution in [0.1, 0.15) is 5.56 Å². The monoisotopic (exact) mass is 222 g/mol. The Morgan fingerprint density at radius 2 is 1.57 bits per heavy atom. The summed E-state index contributed by atoms with van der Waals surface area (Å²) in [5.74, 6) is 0. The zero-order valence-corrected chi connectivity index (χ0v) is 8.73. The third-order valence-electron chi connectivity index (χ3n) is 1.49. The smallest absolute Gasteiger partial charge is 0.0764 e. The first-order valence-corrected chi connectivity index (χ1v) is 4.52. The molecule has 1 aromatic rings. The fourth-order valence-electron chi connectivity index (χ4n) is 0.982. The lowest BCUT2D eigenvalue weighted by Crippen LogP contribution is -1.81. The van der Waals surface area contributed by atoms with Crippen molar-refractivity contribution >= 4 is 46.1 Å². The molecule has 0 aliphatic rings. The number of nitrogens with zero attached hydrogens (tertiary/aromatic N) is 2. The van der Waals surface area contributed by atoms with Crippen molar-refractivity contribution in [1.82, 2.24) is 0 Å². The first-order valence-electron chi connectivity index (χ1n) is 3.70. The van der Waals surface area contributed by atoms with Crippen molar-refractivity contribution in [1.29, 1.82) is 0 Å². The van der Waals surface area contributed by atoms with Crippen LogP contribution in [0.2, 0.25) is 0 Å². The molecule has 0 atom stereocenters. The number of aliphatic hydroxyl groups excluding tert-OH is 1. The van der Waals surface area contributed by atoms with Crippen molar-refractivity contribution in [3.05, 3.63) is 23.8 Å². The summed E-state index contributed by atoms with van der Waals surface area (Å²) in [5, 5.41) is 13.4. The maximum atomic E-state index is 8.95. The molecule has 1 rings (SSSR count). The van der Waals surface area contributed by atoms with Gasteiger partial charge in [0.2, 0.25) is 0 Å². The van der Waals surface area contributed by atoms with Gasteiger partial charge in [-0.15, -0.1) is 0 Å². The van der Waals surface area contributed by atoms with E-state index in [9.17, 15) is 0 Å². The third kappa shape index (κ3) is 2.92. The third-order valence-corrected chi connectivity index (χ3v) is 1.68. The normalized spacial score (nSPS) is 8.64. The highest BCUT2D eigenvalue weighted by Crippen LogP contribution is 2.23. The lowest BCUT2D eigenvalue weighted by molar-refractivity contribution is 0.282. The zero-order chi connectivity index (χ0) is 10.4. The van der Waals surface area contributed by atoms with E-state index < -0.39 is 0 Å². The number of benzene rings is 1. The summed E-state index contributed by atoms with van der Waals surface area (Å²) in [6.07, 6.45) is 0. The van der Waals surface area contributed by atoms with E-state index >= 15 is 0 Å². The molecular formula is C9H6N2OS2. The van der Waals surface area contributed by atoms with E-state index in [-0.39, 0.29) is 6.61 Å². The van der Waals surface area contributed by atoms with Crippen LogP contribution in [-0.4, -0.2) is 15.4 Å². The van der Waals surface area contributed by atoms with Gasteiger partial charge in [0.1, 0.15) is 0 Å². The molecule has 70 valence electrons. The van der Waals surface area contributed by atoms with Gasteiger partial charge in [0, 0.05) is 0 Å². The largest absolute Gasteiger partial charge is 0.392 e. The Balaban J connectivity index is 3.25. The van der Waals surface area contributed by atoms with E-state index in [4.69, 9.17) is 5.11 Å². The predicted molar refractivity (Wildman–Crippen MR) is 61.7 cm³/mol. The van der Waals surface area contributed by atoms with Crippen LogP contribution in [0, 0.1) is 0 Å². The number of hydrogen-bond donors (Lipinski definition) is 1. The molecule has 14 heavy (non-hydrogen) atoms. The first kappa shape index (κ1) is 10.9. The minimum absolute atomic E-state index is 0.0826. The quantitative estimate of drug-likeness (QED) is 0.631. The standard InChI is InChI=1S/C9H6N2OS2/c12-4-7-1-8(10-5-13)3-9(2-7)11-6-14/h1-3,12H,4H2. The molecule has 0 saturated heterocycles. The second kappa shape index (κ2) is 5.50. The van der Waals surface area contributed by atoms with Crippen molar-refractivity contribution < 1.29 is 5.11 Å². The molecule has 0 aromatic heterocycles. The lowest BCUT2D eigenvalue weighted by atomic mass is 10.2. The SMILES string of the molecule is OCc1cc(N=C=S)cc(N=C=S)c1. The maximum Gasteiger partial charge on any atom is 0.0764 e. The molecule has 0 saturated carbocycles. The zero-order valence-electron chi connectivity index (χ0n) is 7.10. The Bertz CT molecular complexity index is 396. The van der Waals surface area contributed by atoms with E-state index in [1.54, 1.807) is 18.2 Å². The van der Waals surface area contributed by atoms with Crippen LogP contribution in [0.5, 0.6) is 0 Å². The number of rotatable bonds is 3. The molecule has 0 bridgehead atoms. The number of aliphatic hydroxyl groups is 1. The van der Waals surface area contributed by atoms with Crippen molar-refractivity contribution in [2.45, 2.75) is 6.61 Å². The average Bonchev–Trinajstić information content (AvgIpc) is 2.18. The second-order valence-electron chi connectivity index (χ2n) is 2.42. The van der Waals surface area contributed by atoms with Crippen LogP contribution in [0.15, 0.2) is 28.2 Å². The molecule has 0 unspecified atom stereocenters. The second-order valence-corrected chi connectivity index (χ2v) is 2.79. The number of isothiocyanates is 2. The summed E-state index contributed by atoms with van der Waals surface area (Å²) >= 11 is 8.95. The van der Waals surface area contributed by atoms with Crippen LogP contribution in [0.3, 0.4) is 0 Å². The summed E-state index contributed by atoms with van der Waals surface area (Å²) in [5.41, 5.74) is 1.88. The fraction of sp³-hybridized carbons (Fsp3) is 0.111.